The summed E-state index contributed by atoms with van der Waals surface area (Å²) >= 11 is 0. The van der Waals surface area contributed by atoms with E-state index in [4.69, 9.17) is 0 Å². The molecule has 3 nitrogen and oxygen atoms in total. The Hall–Kier alpha value is -1.20. The van der Waals surface area contributed by atoms with Gasteiger partial charge in [0.15, 0.2) is 0 Å². The van der Waals surface area contributed by atoms with E-state index < -0.39 is 15.7 Å². The normalized spacial score (nSPS) is 22.1. The quantitative estimate of drug-likeness (QED) is 0.835. The van der Waals surface area contributed by atoms with Gasteiger partial charge < -0.3 is 0 Å². The predicted octanol–water partition coefficient (Wildman–Crippen LogP) is 2.44. The van der Waals surface area contributed by atoms with Gasteiger partial charge in [0.25, 0.3) is 0 Å². The molecular weight excluding hydrogens is 265 g/mol. The van der Waals surface area contributed by atoms with Crippen LogP contribution in [0.5, 0.6) is 0 Å². The van der Waals surface area contributed by atoms with Gasteiger partial charge >= 0.3 is 0 Å². The van der Waals surface area contributed by atoms with E-state index in [-0.39, 0.29) is 10.5 Å². The van der Waals surface area contributed by atoms with Crippen LogP contribution in [0.2, 0.25) is 0 Å². The van der Waals surface area contributed by atoms with Crippen LogP contribution < -0.4 is 0 Å². The summed E-state index contributed by atoms with van der Waals surface area (Å²) in [6.07, 6.45) is 3.48. The molecule has 1 saturated heterocycles. The smallest absolute Gasteiger partial charge is 0.200 e. The SMILES string of the molecule is O=S1(=O)C=C(CN2CCCCC2)c2c(F)cccc21. The second kappa shape index (κ2) is 4.72. The molecule has 0 aliphatic carbocycles. The van der Waals surface area contributed by atoms with E-state index in [2.05, 4.69) is 4.90 Å². The molecule has 102 valence electrons. The van der Waals surface area contributed by atoms with Crippen LogP contribution in [-0.4, -0.2) is 33.0 Å². The van der Waals surface area contributed by atoms with Crippen LogP contribution in [0.3, 0.4) is 0 Å². The van der Waals surface area contributed by atoms with Crippen molar-refractivity contribution >= 4 is 15.4 Å². The van der Waals surface area contributed by atoms with Crippen LogP contribution in [-0.2, 0) is 9.84 Å². The number of hydrogen-bond donors (Lipinski definition) is 0. The average Bonchev–Trinajstić information content (AvgIpc) is 2.63. The van der Waals surface area contributed by atoms with Crippen molar-refractivity contribution in [3.8, 4) is 0 Å². The van der Waals surface area contributed by atoms with Gasteiger partial charge in [0.05, 0.1) is 4.90 Å². The molecule has 0 spiro atoms. The van der Waals surface area contributed by atoms with Crippen molar-refractivity contribution in [3.63, 3.8) is 0 Å². The summed E-state index contributed by atoms with van der Waals surface area (Å²) in [5.41, 5.74) is 0.864. The molecule has 5 heteroatoms. The molecule has 0 aromatic heterocycles. The Morgan fingerprint density at radius 1 is 1.16 bits per heavy atom. The zero-order chi connectivity index (χ0) is 13.5. The summed E-state index contributed by atoms with van der Waals surface area (Å²) in [4.78, 5) is 2.31. The number of rotatable bonds is 2. The fourth-order valence-electron chi connectivity index (χ4n) is 2.84. The van der Waals surface area contributed by atoms with E-state index in [0.29, 0.717) is 12.1 Å². The first-order valence-electron chi connectivity index (χ1n) is 6.55. The average molecular weight is 281 g/mol. The summed E-state index contributed by atoms with van der Waals surface area (Å²) in [5.74, 6) is -0.443. The van der Waals surface area contributed by atoms with E-state index >= 15 is 0 Å². The summed E-state index contributed by atoms with van der Waals surface area (Å²) < 4.78 is 37.9. The predicted molar refractivity (Wildman–Crippen MR) is 71.9 cm³/mol. The van der Waals surface area contributed by atoms with E-state index in [9.17, 15) is 12.8 Å². The lowest BCUT2D eigenvalue weighted by molar-refractivity contribution is 0.255. The second-order valence-electron chi connectivity index (χ2n) is 5.14. The fraction of sp³-hybridized carbons (Fsp3) is 0.429. The van der Waals surface area contributed by atoms with Gasteiger partial charge in [0.1, 0.15) is 5.82 Å². The molecule has 1 aromatic rings. The van der Waals surface area contributed by atoms with Crippen molar-refractivity contribution in [1.29, 1.82) is 0 Å². The zero-order valence-corrected chi connectivity index (χ0v) is 11.4. The summed E-state index contributed by atoms with van der Waals surface area (Å²) in [6.45, 7) is 2.44. The van der Waals surface area contributed by atoms with Crippen LogP contribution in [0.15, 0.2) is 28.5 Å². The molecule has 0 N–H and O–H groups in total. The number of hydrogen-bond acceptors (Lipinski definition) is 3. The molecule has 2 aliphatic rings. The Morgan fingerprint density at radius 2 is 1.89 bits per heavy atom. The van der Waals surface area contributed by atoms with Crippen molar-refractivity contribution in [2.24, 2.45) is 0 Å². The molecule has 19 heavy (non-hydrogen) atoms. The first-order chi connectivity index (χ1) is 9.08. The molecule has 0 amide bonds. The zero-order valence-electron chi connectivity index (χ0n) is 10.6. The van der Waals surface area contributed by atoms with Gasteiger partial charge in [-0.3, -0.25) is 4.90 Å². The van der Waals surface area contributed by atoms with Crippen LogP contribution >= 0.6 is 0 Å². The first kappa shape index (κ1) is 12.8. The number of piperidine rings is 1. The molecule has 1 fully saturated rings. The highest BCUT2D eigenvalue weighted by Crippen LogP contribution is 2.35. The van der Waals surface area contributed by atoms with Crippen molar-refractivity contribution in [2.45, 2.75) is 24.2 Å². The first-order valence-corrected chi connectivity index (χ1v) is 8.09. The lowest BCUT2D eigenvalue weighted by Crippen LogP contribution is -2.31. The number of benzene rings is 1. The molecule has 0 atom stereocenters. The highest BCUT2D eigenvalue weighted by atomic mass is 32.2. The molecule has 0 unspecified atom stereocenters. The highest BCUT2D eigenvalue weighted by molar-refractivity contribution is 7.95. The van der Waals surface area contributed by atoms with Gasteiger partial charge in [-0.25, -0.2) is 12.8 Å². The molecule has 1 aromatic carbocycles. The molecule has 2 aliphatic heterocycles. The van der Waals surface area contributed by atoms with E-state index in [1.807, 2.05) is 0 Å². The Kier molecular flexibility index (Phi) is 3.19. The van der Waals surface area contributed by atoms with Crippen molar-refractivity contribution in [2.75, 3.05) is 19.6 Å². The number of likely N-dealkylation sites (tertiary alicyclic amines) is 1. The van der Waals surface area contributed by atoms with Gasteiger partial charge in [0, 0.05) is 17.5 Å². The Morgan fingerprint density at radius 3 is 2.63 bits per heavy atom. The third-order valence-corrected chi connectivity index (χ3v) is 5.29. The molecule has 0 bridgehead atoms. The molecule has 0 saturated carbocycles. The maximum atomic E-state index is 13.9. The third-order valence-electron chi connectivity index (χ3n) is 3.74. The van der Waals surface area contributed by atoms with Crippen LogP contribution in [0.25, 0.3) is 5.57 Å². The summed E-state index contributed by atoms with van der Waals surface area (Å²) in [7, 11) is -3.46. The minimum atomic E-state index is -3.46. The lowest BCUT2D eigenvalue weighted by atomic mass is 10.0. The van der Waals surface area contributed by atoms with E-state index in [1.54, 1.807) is 0 Å². The van der Waals surface area contributed by atoms with Crippen molar-refractivity contribution < 1.29 is 12.8 Å². The Labute approximate surface area is 112 Å². The number of nitrogens with zero attached hydrogens (tertiary/aromatic N) is 1. The number of halogens is 1. The third kappa shape index (κ3) is 2.32. The lowest BCUT2D eigenvalue weighted by Gasteiger charge is -2.26. The van der Waals surface area contributed by atoms with Crippen molar-refractivity contribution in [1.82, 2.24) is 4.90 Å². The molecular formula is C14H16FNO2S. The number of sulfone groups is 1. The molecule has 0 radical (unpaired) electrons. The van der Waals surface area contributed by atoms with Crippen LogP contribution in [0.4, 0.5) is 4.39 Å². The fourth-order valence-corrected chi connectivity index (χ4v) is 4.31. The van der Waals surface area contributed by atoms with Gasteiger partial charge in [-0.15, -0.1) is 0 Å². The Balaban J connectivity index is 1.95. The minimum absolute atomic E-state index is 0.111. The molecule has 2 heterocycles. The maximum Gasteiger partial charge on any atom is 0.200 e. The topological polar surface area (TPSA) is 37.4 Å². The summed E-state index contributed by atoms with van der Waals surface area (Å²) in [5, 5.41) is 1.23. The van der Waals surface area contributed by atoms with Gasteiger partial charge in [-0.1, -0.05) is 12.5 Å². The van der Waals surface area contributed by atoms with Crippen molar-refractivity contribution in [3.05, 3.63) is 35.0 Å². The highest BCUT2D eigenvalue weighted by Gasteiger charge is 2.30. The van der Waals surface area contributed by atoms with Crippen LogP contribution in [0.1, 0.15) is 24.8 Å². The van der Waals surface area contributed by atoms with Gasteiger partial charge in [-0.2, -0.15) is 0 Å². The van der Waals surface area contributed by atoms with Gasteiger partial charge in [0.2, 0.25) is 9.84 Å². The standard InChI is InChI=1S/C14H16FNO2S/c15-12-5-4-6-13-14(12)11(10-19(13,17)18)9-16-7-2-1-3-8-16/h4-6,10H,1-3,7-9H2. The molecule has 3 rings (SSSR count). The Bertz CT molecular complexity index is 631. The maximum absolute atomic E-state index is 13.9. The van der Waals surface area contributed by atoms with Gasteiger partial charge in [-0.05, 0) is 43.6 Å². The van der Waals surface area contributed by atoms with E-state index in [0.717, 1.165) is 25.9 Å². The second-order valence-corrected chi connectivity index (χ2v) is 6.90. The monoisotopic (exact) mass is 281 g/mol. The largest absolute Gasteiger partial charge is 0.299 e. The number of fused-ring (bicyclic) bond motifs is 1. The summed E-state index contributed by atoms with van der Waals surface area (Å²) in [6, 6.07) is 4.25. The van der Waals surface area contributed by atoms with E-state index in [1.165, 1.54) is 30.0 Å². The minimum Gasteiger partial charge on any atom is -0.299 e. The van der Waals surface area contributed by atoms with Crippen LogP contribution in [0, 0.1) is 5.82 Å².